The van der Waals surface area contributed by atoms with Gasteiger partial charge < -0.3 is 15.6 Å². The van der Waals surface area contributed by atoms with Gasteiger partial charge in [0.15, 0.2) is 6.29 Å². The Kier molecular flexibility index (Phi) is 4.15. The third-order valence-corrected chi connectivity index (χ3v) is 3.76. The summed E-state index contributed by atoms with van der Waals surface area (Å²) in [5.41, 5.74) is 5.37. The molecule has 1 aliphatic carbocycles. The lowest BCUT2D eigenvalue weighted by molar-refractivity contribution is -0.0912. The Balaban J connectivity index is 2.08. The van der Waals surface area contributed by atoms with Crippen molar-refractivity contribution >= 4 is 0 Å². The van der Waals surface area contributed by atoms with Crippen LogP contribution < -0.4 is 5.73 Å². The van der Waals surface area contributed by atoms with Crippen LogP contribution in [0.3, 0.4) is 0 Å². The lowest BCUT2D eigenvalue weighted by Crippen LogP contribution is -2.19. The number of ether oxygens (including phenoxy) is 1. The van der Waals surface area contributed by atoms with Crippen LogP contribution in [0.1, 0.15) is 12.8 Å². The highest BCUT2D eigenvalue weighted by molar-refractivity contribution is 5.09. The first-order chi connectivity index (χ1) is 8.69. The van der Waals surface area contributed by atoms with Gasteiger partial charge in [-0.3, -0.25) is 0 Å². The van der Waals surface area contributed by atoms with E-state index in [9.17, 15) is 14.9 Å². The average molecular weight is 255 g/mol. The average Bonchev–Trinajstić information content (AvgIpc) is 2.87. The topological polar surface area (TPSA) is 114 Å². The largest absolute Gasteiger partial charge is 0.368 e. The van der Waals surface area contributed by atoms with Gasteiger partial charge >= 0.3 is 0 Å². The number of fused-ring (bicyclic) bond motifs is 1. The summed E-state index contributed by atoms with van der Waals surface area (Å²) in [5.74, 6) is -0.0375. The van der Waals surface area contributed by atoms with Crippen LogP contribution in [0.4, 0.5) is 0 Å². The first-order valence-corrected chi connectivity index (χ1v) is 6.06. The number of rotatable bonds is 5. The van der Waals surface area contributed by atoms with Crippen LogP contribution in [-0.4, -0.2) is 36.1 Å². The molecule has 100 valence electrons. The van der Waals surface area contributed by atoms with Crippen molar-refractivity contribution < 1.29 is 9.84 Å². The van der Waals surface area contributed by atoms with Gasteiger partial charge in [0.25, 0.3) is 0 Å². The first kappa shape index (κ1) is 13.3. The minimum absolute atomic E-state index is 0.0732. The van der Waals surface area contributed by atoms with Crippen molar-refractivity contribution in [2.24, 2.45) is 27.9 Å². The molecule has 7 heteroatoms. The zero-order chi connectivity index (χ0) is 13.1. The molecule has 1 heterocycles. The molecule has 0 aromatic rings. The van der Waals surface area contributed by atoms with Gasteiger partial charge in [0.2, 0.25) is 0 Å². The smallest absolute Gasteiger partial charge is 0.155 e. The molecule has 6 atom stereocenters. The maximum Gasteiger partial charge on any atom is 0.155 e. The maximum atomic E-state index is 10.8. The predicted octanol–water partition coefficient (Wildman–Crippen LogP) is 0.515. The molecule has 1 saturated heterocycles. The van der Waals surface area contributed by atoms with E-state index in [0.717, 1.165) is 0 Å². The zero-order valence-electron chi connectivity index (χ0n) is 9.88. The van der Waals surface area contributed by atoms with Crippen molar-refractivity contribution in [1.82, 2.24) is 0 Å². The minimum atomic E-state index is -0.766. The number of hydrogen-bond donors (Lipinski definition) is 2. The van der Waals surface area contributed by atoms with Crippen LogP contribution in [0.5, 0.6) is 0 Å². The molecule has 18 heavy (non-hydrogen) atoms. The predicted molar refractivity (Wildman–Crippen MR) is 64.5 cm³/mol. The van der Waals surface area contributed by atoms with Gasteiger partial charge in [0.1, 0.15) is 12.1 Å². The van der Waals surface area contributed by atoms with E-state index in [4.69, 9.17) is 10.5 Å². The van der Waals surface area contributed by atoms with Gasteiger partial charge in [-0.25, -0.2) is 0 Å². The second-order valence-electron chi connectivity index (χ2n) is 4.81. The third-order valence-electron chi connectivity index (χ3n) is 3.76. The van der Waals surface area contributed by atoms with Crippen molar-refractivity contribution in [3.63, 3.8) is 0 Å². The number of hydrogen-bond acceptors (Lipinski definition) is 7. The minimum Gasteiger partial charge on any atom is -0.368 e. The van der Waals surface area contributed by atoms with E-state index in [1.54, 1.807) is 12.2 Å². The number of nitrogens with two attached hydrogens (primary N) is 1. The third kappa shape index (κ3) is 2.47. The van der Waals surface area contributed by atoms with E-state index < -0.39 is 12.3 Å². The number of aliphatic hydroxyl groups excluding tert-OH is 1. The molecule has 0 bridgehead atoms. The molecule has 3 N–H and O–H groups in total. The summed E-state index contributed by atoms with van der Waals surface area (Å²) in [4.78, 5) is 21.2. The molecule has 0 amide bonds. The van der Waals surface area contributed by atoms with E-state index in [1.165, 1.54) is 0 Å². The van der Waals surface area contributed by atoms with Crippen LogP contribution >= 0.6 is 0 Å². The molecular weight excluding hydrogens is 238 g/mol. The van der Waals surface area contributed by atoms with Gasteiger partial charge in [0.05, 0.1) is 6.10 Å². The summed E-state index contributed by atoms with van der Waals surface area (Å²) >= 11 is 0. The fourth-order valence-electron chi connectivity index (χ4n) is 2.86. The quantitative estimate of drug-likeness (QED) is 0.549. The Morgan fingerprint density at radius 1 is 1.44 bits per heavy atom. The summed E-state index contributed by atoms with van der Waals surface area (Å²) in [5, 5.41) is 15.4. The molecule has 0 aromatic carbocycles. The van der Waals surface area contributed by atoms with Crippen LogP contribution in [0.25, 0.3) is 0 Å². The van der Waals surface area contributed by atoms with Crippen molar-refractivity contribution in [2.75, 3.05) is 6.54 Å². The van der Waals surface area contributed by atoms with Crippen LogP contribution in [-0.2, 0) is 4.74 Å². The zero-order valence-corrected chi connectivity index (χ0v) is 9.88. The van der Waals surface area contributed by atoms with Gasteiger partial charge in [-0.15, -0.1) is 0 Å². The number of nitrogens with zero attached hydrogens (tertiary/aromatic N) is 2. The summed E-state index contributed by atoms with van der Waals surface area (Å²) < 4.78 is 5.32. The molecule has 7 nitrogen and oxygen atoms in total. The Morgan fingerprint density at radius 2 is 2.22 bits per heavy atom. The second-order valence-corrected chi connectivity index (χ2v) is 4.81. The lowest BCUT2D eigenvalue weighted by Gasteiger charge is -2.15. The van der Waals surface area contributed by atoms with E-state index in [1.807, 2.05) is 0 Å². The molecule has 0 aromatic heterocycles. The summed E-state index contributed by atoms with van der Waals surface area (Å²) in [6.07, 6.45) is 3.51. The molecule has 2 rings (SSSR count). The number of aliphatic hydroxyl groups is 1. The Bertz CT molecular complexity index is 349. The summed E-state index contributed by atoms with van der Waals surface area (Å²) in [7, 11) is 0. The van der Waals surface area contributed by atoms with Crippen LogP contribution in [0.2, 0.25) is 0 Å². The van der Waals surface area contributed by atoms with Gasteiger partial charge in [-0.1, -0.05) is 22.5 Å². The highest BCUT2D eigenvalue weighted by Crippen LogP contribution is 2.44. The van der Waals surface area contributed by atoms with Crippen molar-refractivity contribution in [3.8, 4) is 0 Å². The molecule has 2 aliphatic rings. The van der Waals surface area contributed by atoms with Gasteiger partial charge in [-0.05, 0) is 5.92 Å². The van der Waals surface area contributed by atoms with E-state index >= 15 is 0 Å². The van der Waals surface area contributed by atoms with E-state index in [-0.39, 0.29) is 30.5 Å². The van der Waals surface area contributed by atoms with Crippen LogP contribution in [0, 0.1) is 21.6 Å². The SMILES string of the molecule is NC[C@@H](/C=C/[C@@H]1[C@H]2CC(O)O[C@H]2C[C@H]1N=O)N=O. The standard InChI is InChI=1S/C11H17N3O4/c12-5-6(13-16)1-2-7-8-3-11(15)18-10(8)4-9(7)14-17/h1-2,6-11,15H,3-5,12H2/b2-1+/t6-,7-,8-,9-,10+,11?/m1/s1. The fourth-order valence-corrected chi connectivity index (χ4v) is 2.86. The molecular formula is C11H17N3O4. The monoisotopic (exact) mass is 255 g/mol. The van der Waals surface area contributed by atoms with Crippen LogP contribution in [0.15, 0.2) is 22.5 Å². The van der Waals surface area contributed by atoms with Gasteiger partial charge in [0, 0.05) is 25.3 Å². The molecule has 1 aliphatic heterocycles. The summed E-state index contributed by atoms with van der Waals surface area (Å²) in [6.45, 7) is 0.138. The van der Waals surface area contributed by atoms with Crippen molar-refractivity contribution in [2.45, 2.75) is 37.3 Å². The summed E-state index contributed by atoms with van der Waals surface area (Å²) in [6, 6.07) is -0.947. The Morgan fingerprint density at radius 3 is 2.83 bits per heavy atom. The van der Waals surface area contributed by atoms with Crippen molar-refractivity contribution in [3.05, 3.63) is 22.0 Å². The van der Waals surface area contributed by atoms with E-state index in [2.05, 4.69) is 10.4 Å². The molecule has 0 radical (unpaired) electrons. The normalized spacial score (nSPS) is 40.9. The molecule has 0 spiro atoms. The first-order valence-electron chi connectivity index (χ1n) is 6.06. The van der Waals surface area contributed by atoms with Crippen molar-refractivity contribution in [1.29, 1.82) is 0 Å². The number of nitroso groups, excluding NO2 is 2. The second kappa shape index (κ2) is 5.64. The Hall–Kier alpha value is -1.18. The molecule has 1 unspecified atom stereocenters. The molecule has 2 fully saturated rings. The fraction of sp³-hybridized carbons (Fsp3) is 0.818. The lowest BCUT2D eigenvalue weighted by atomic mass is 9.90. The maximum absolute atomic E-state index is 10.8. The highest BCUT2D eigenvalue weighted by Gasteiger charge is 2.49. The molecule has 1 saturated carbocycles. The van der Waals surface area contributed by atoms with E-state index in [0.29, 0.717) is 12.8 Å². The highest BCUT2D eigenvalue weighted by atomic mass is 16.6. The Labute approximate surface area is 104 Å². The van der Waals surface area contributed by atoms with Gasteiger partial charge in [-0.2, -0.15) is 9.81 Å².